The second-order valence-electron chi connectivity index (χ2n) is 8.91. The number of amides is 1. The van der Waals surface area contributed by atoms with Crippen LogP contribution in [-0.2, 0) is 9.59 Å². The number of carbonyl (C=O) groups is 2. The quantitative estimate of drug-likeness (QED) is 0.108. The van der Waals surface area contributed by atoms with Crippen LogP contribution in [0.15, 0.2) is 72.3 Å². The molecule has 38 heavy (non-hydrogen) atoms. The Labute approximate surface area is 228 Å². The molecule has 1 N–H and O–H groups in total. The number of fused-ring (bicyclic) bond motifs is 1. The van der Waals surface area contributed by atoms with Crippen LogP contribution in [-0.4, -0.2) is 28.4 Å². The molecule has 0 radical (unpaired) electrons. The van der Waals surface area contributed by atoms with Crippen molar-refractivity contribution in [3.63, 3.8) is 0 Å². The van der Waals surface area contributed by atoms with E-state index in [1.54, 1.807) is 42.5 Å². The molecule has 4 aromatic rings. The molecule has 1 aliphatic rings. The molecule has 0 spiro atoms. The number of anilines is 1. The van der Waals surface area contributed by atoms with E-state index < -0.39 is 29.3 Å². The van der Waals surface area contributed by atoms with E-state index in [1.807, 2.05) is 0 Å². The largest absolute Gasteiger partial charge is 0.507 e. The fraction of sp³-hybridized carbons (Fsp3) is 0.207. The number of thiazole rings is 1. The molecule has 1 amide bonds. The van der Waals surface area contributed by atoms with Crippen LogP contribution in [0, 0.1) is 5.82 Å². The average molecular weight is 551 g/mol. The maximum Gasteiger partial charge on any atom is 0.301 e. The molecular formula is C29H24ClFN2O4S. The maximum absolute atomic E-state index is 13.6. The van der Waals surface area contributed by atoms with Gasteiger partial charge in [-0.15, -0.1) is 0 Å². The molecule has 1 saturated heterocycles. The third-order valence-corrected chi connectivity index (χ3v) is 7.55. The van der Waals surface area contributed by atoms with Crippen LogP contribution >= 0.6 is 22.9 Å². The van der Waals surface area contributed by atoms with Crippen molar-refractivity contribution in [2.45, 2.75) is 32.2 Å². The lowest BCUT2D eigenvalue weighted by atomic mass is 9.95. The van der Waals surface area contributed by atoms with Crippen molar-refractivity contribution in [3.8, 4) is 5.75 Å². The van der Waals surface area contributed by atoms with E-state index in [1.165, 1.54) is 40.5 Å². The van der Waals surface area contributed by atoms with Crippen molar-refractivity contribution >= 4 is 55.7 Å². The Kier molecular flexibility index (Phi) is 7.44. The van der Waals surface area contributed by atoms with Crippen LogP contribution in [0.3, 0.4) is 0 Å². The number of benzene rings is 3. The van der Waals surface area contributed by atoms with E-state index in [4.69, 9.17) is 16.3 Å². The number of aliphatic hydroxyl groups excluding tert-OH is 1. The lowest BCUT2D eigenvalue weighted by Crippen LogP contribution is -2.29. The predicted octanol–water partition coefficient (Wildman–Crippen LogP) is 7.28. The van der Waals surface area contributed by atoms with E-state index in [2.05, 4.69) is 11.9 Å². The fourth-order valence-electron chi connectivity index (χ4n) is 4.41. The van der Waals surface area contributed by atoms with Gasteiger partial charge in [-0.05, 0) is 66.6 Å². The number of hydrogen-bond donors (Lipinski definition) is 1. The van der Waals surface area contributed by atoms with Gasteiger partial charge in [0.15, 0.2) is 5.13 Å². The van der Waals surface area contributed by atoms with Crippen LogP contribution in [0.25, 0.3) is 16.0 Å². The normalized spacial score (nSPS) is 16.9. The number of hydrogen-bond acceptors (Lipinski definition) is 6. The van der Waals surface area contributed by atoms with Gasteiger partial charge in [0.05, 0.1) is 28.4 Å². The highest BCUT2D eigenvalue weighted by atomic mass is 35.5. The van der Waals surface area contributed by atoms with Crippen LogP contribution < -0.4 is 9.64 Å². The molecule has 6 nitrogen and oxygen atoms in total. The Morgan fingerprint density at radius 2 is 1.89 bits per heavy atom. The fourth-order valence-corrected chi connectivity index (χ4v) is 5.68. The SMILES string of the molecule is CCCCCOc1cccc(C2C(=C(O)c3ccc(F)cc3)C(=O)C(=O)N2c2nc3ccc(Cl)cc3s2)c1. The summed E-state index contributed by atoms with van der Waals surface area (Å²) in [6.07, 6.45) is 3.01. The number of Topliss-reactive ketones (excluding diaryl/α,β-unsaturated/α-hetero) is 1. The summed E-state index contributed by atoms with van der Waals surface area (Å²) >= 11 is 7.37. The van der Waals surface area contributed by atoms with Crippen LogP contribution in [0.1, 0.15) is 43.4 Å². The molecule has 0 saturated carbocycles. The highest BCUT2D eigenvalue weighted by Crippen LogP contribution is 2.45. The van der Waals surface area contributed by atoms with E-state index in [-0.39, 0.29) is 11.1 Å². The van der Waals surface area contributed by atoms with Gasteiger partial charge in [-0.25, -0.2) is 9.37 Å². The molecule has 1 aliphatic heterocycles. The number of aromatic nitrogens is 1. The van der Waals surface area contributed by atoms with Crippen LogP contribution in [0.2, 0.25) is 5.02 Å². The molecule has 0 bridgehead atoms. The number of nitrogens with zero attached hydrogens (tertiary/aromatic N) is 2. The minimum absolute atomic E-state index is 0.109. The van der Waals surface area contributed by atoms with Crippen molar-refractivity contribution in [3.05, 3.63) is 94.3 Å². The first kappa shape index (κ1) is 25.9. The second kappa shape index (κ2) is 10.9. The number of aliphatic hydroxyl groups is 1. The molecular weight excluding hydrogens is 527 g/mol. The molecule has 1 fully saturated rings. The molecule has 2 heterocycles. The van der Waals surface area contributed by atoms with Crippen molar-refractivity contribution in [1.29, 1.82) is 0 Å². The minimum Gasteiger partial charge on any atom is -0.507 e. The Balaban J connectivity index is 1.64. The van der Waals surface area contributed by atoms with Crippen molar-refractivity contribution in [2.75, 3.05) is 11.5 Å². The number of rotatable bonds is 8. The minimum atomic E-state index is -0.977. The summed E-state index contributed by atoms with van der Waals surface area (Å²) in [7, 11) is 0. The van der Waals surface area contributed by atoms with Crippen LogP contribution in [0.5, 0.6) is 5.75 Å². The standard InChI is InChI=1S/C29H24ClFN2O4S/c1-2-3-4-14-37-21-7-5-6-18(15-21)25-24(26(34)17-8-11-20(31)12-9-17)27(35)28(36)33(25)29-32-22-13-10-19(30)16-23(22)38-29/h5-13,15-16,25,34H,2-4,14H2,1H3. The Morgan fingerprint density at radius 3 is 2.66 bits per heavy atom. The van der Waals surface area contributed by atoms with Crippen molar-refractivity contribution in [2.24, 2.45) is 0 Å². The molecule has 0 aliphatic carbocycles. The number of unbranched alkanes of at least 4 members (excludes halogenated alkanes) is 2. The van der Waals surface area contributed by atoms with Gasteiger partial charge in [0.2, 0.25) is 0 Å². The summed E-state index contributed by atoms with van der Waals surface area (Å²) in [5.41, 5.74) is 1.30. The zero-order chi connectivity index (χ0) is 26.8. The molecule has 5 rings (SSSR count). The van der Waals surface area contributed by atoms with E-state index in [9.17, 15) is 19.1 Å². The molecule has 3 aromatic carbocycles. The third-order valence-electron chi connectivity index (χ3n) is 6.30. The predicted molar refractivity (Wildman–Crippen MR) is 147 cm³/mol. The van der Waals surface area contributed by atoms with Gasteiger partial charge in [0.1, 0.15) is 17.3 Å². The first-order valence-electron chi connectivity index (χ1n) is 12.2. The number of ether oxygens (including phenoxy) is 1. The van der Waals surface area contributed by atoms with Crippen LogP contribution in [0.4, 0.5) is 9.52 Å². The number of carbonyl (C=O) groups excluding carboxylic acids is 2. The summed E-state index contributed by atoms with van der Waals surface area (Å²) in [5, 5.41) is 12.1. The molecule has 1 atom stereocenters. The van der Waals surface area contributed by atoms with Gasteiger partial charge in [0.25, 0.3) is 5.78 Å². The van der Waals surface area contributed by atoms with E-state index >= 15 is 0 Å². The monoisotopic (exact) mass is 550 g/mol. The number of ketones is 1. The van der Waals surface area contributed by atoms with Gasteiger partial charge >= 0.3 is 5.91 Å². The highest BCUT2D eigenvalue weighted by molar-refractivity contribution is 7.22. The van der Waals surface area contributed by atoms with Crippen molar-refractivity contribution < 1.29 is 23.8 Å². The summed E-state index contributed by atoms with van der Waals surface area (Å²) in [5.74, 6) is -1.97. The van der Waals surface area contributed by atoms with E-state index in [0.717, 1.165) is 24.0 Å². The summed E-state index contributed by atoms with van der Waals surface area (Å²) in [6, 6.07) is 16.4. The Bertz CT molecular complexity index is 1550. The smallest absolute Gasteiger partial charge is 0.301 e. The van der Waals surface area contributed by atoms with Gasteiger partial charge in [-0.1, -0.05) is 54.8 Å². The lowest BCUT2D eigenvalue weighted by Gasteiger charge is -2.23. The van der Waals surface area contributed by atoms with Gasteiger partial charge in [0, 0.05) is 10.6 Å². The van der Waals surface area contributed by atoms with Gasteiger partial charge in [-0.3, -0.25) is 14.5 Å². The van der Waals surface area contributed by atoms with E-state index in [0.29, 0.717) is 33.6 Å². The average Bonchev–Trinajstić information content (AvgIpc) is 3.44. The topological polar surface area (TPSA) is 79.7 Å². The zero-order valence-corrected chi connectivity index (χ0v) is 22.1. The maximum atomic E-state index is 13.6. The first-order valence-corrected chi connectivity index (χ1v) is 13.4. The van der Waals surface area contributed by atoms with Crippen molar-refractivity contribution in [1.82, 2.24) is 4.98 Å². The summed E-state index contributed by atoms with van der Waals surface area (Å²) in [6.45, 7) is 2.65. The lowest BCUT2D eigenvalue weighted by molar-refractivity contribution is -0.132. The molecule has 1 aromatic heterocycles. The molecule has 1 unspecified atom stereocenters. The van der Waals surface area contributed by atoms with Gasteiger partial charge in [-0.2, -0.15) is 0 Å². The summed E-state index contributed by atoms with van der Waals surface area (Å²) in [4.78, 5) is 32.7. The summed E-state index contributed by atoms with van der Waals surface area (Å²) < 4.78 is 20.2. The Morgan fingerprint density at radius 1 is 1.11 bits per heavy atom. The molecule has 9 heteroatoms. The number of halogens is 2. The highest BCUT2D eigenvalue weighted by Gasteiger charge is 2.48. The second-order valence-corrected chi connectivity index (χ2v) is 10.4. The zero-order valence-electron chi connectivity index (χ0n) is 20.5. The van der Waals surface area contributed by atoms with Gasteiger partial charge < -0.3 is 9.84 Å². The Hall–Kier alpha value is -3.75. The molecule has 194 valence electrons. The first-order chi connectivity index (χ1) is 18.4. The third kappa shape index (κ3) is 5.01.